The molecule has 2 aliphatic rings. The van der Waals surface area contributed by atoms with E-state index in [1.165, 1.54) is 13.2 Å². The number of amides is 4. The molecule has 0 radical (unpaired) electrons. The molecule has 1 saturated heterocycles. The Bertz CT molecular complexity index is 2680. The van der Waals surface area contributed by atoms with Crippen molar-refractivity contribution in [2.45, 2.75) is 51.1 Å². The first-order valence-corrected chi connectivity index (χ1v) is 18.9. The number of aromatic nitrogens is 3. The van der Waals surface area contributed by atoms with Gasteiger partial charge in [0.05, 0.1) is 61.4 Å². The van der Waals surface area contributed by atoms with Gasteiger partial charge in [-0.25, -0.2) is 0 Å². The van der Waals surface area contributed by atoms with Gasteiger partial charge in [0.15, 0.2) is 11.0 Å². The highest BCUT2D eigenvalue weighted by atomic mass is 16.5. The second kappa shape index (κ2) is 15.8. The highest BCUT2D eigenvalue weighted by molar-refractivity contribution is 6.24. The summed E-state index contributed by atoms with van der Waals surface area (Å²) in [5, 5.41) is 12.5. The van der Waals surface area contributed by atoms with E-state index >= 15 is 0 Å². The molecule has 1 unspecified atom stereocenters. The quantitative estimate of drug-likeness (QED) is 0.0781. The van der Waals surface area contributed by atoms with Crippen molar-refractivity contribution in [3.05, 3.63) is 94.3 Å². The van der Waals surface area contributed by atoms with Gasteiger partial charge in [-0.3, -0.25) is 38.9 Å². The number of rotatable bonds is 14. The summed E-state index contributed by atoms with van der Waals surface area (Å²) in [6, 6.07) is 18.0. The number of ether oxygens (including phenoxy) is 4. The number of piperidine rings is 1. The molecular weight excluding hydrogens is 746 g/mol. The monoisotopic (exact) mass is 785 g/mol. The number of hydrogen-bond acceptors (Lipinski definition) is 12. The zero-order valence-corrected chi connectivity index (χ0v) is 32.0. The average Bonchev–Trinajstić information content (AvgIpc) is 3.81. The first-order valence-electron chi connectivity index (χ1n) is 18.9. The van der Waals surface area contributed by atoms with Crippen molar-refractivity contribution in [1.82, 2.24) is 25.2 Å². The maximum Gasteiger partial charge on any atom is 0.266 e. The number of unbranched alkanes of at least 4 members (excludes halogenated alkanes) is 3. The van der Waals surface area contributed by atoms with Crippen molar-refractivity contribution in [2.75, 3.05) is 27.9 Å². The van der Waals surface area contributed by atoms with Crippen LogP contribution in [0.3, 0.4) is 0 Å². The van der Waals surface area contributed by atoms with E-state index in [4.69, 9.17) is 23.4 Å². The van der Waals surface area contributed by atoms with E-state index in [9.17, 15) is 24.0 Å². The summed E-state index contributed by atoms with van der Waals surface area (Å²) in [6.45, 7) is 0.984. The predicted octanol–water partition coefficient (Wildman–Crippen LogP) is 5.94. The first-order chi connectivity index (χ1) is 28.2. The average molecular weight is 786 g/mol. The van der Waals surface area contributed by atoms with Crippen molar-refractivity contribution < 1.29 is 42.5 Å². The van der Waals surface area contributed by atoms with Crippen molar-refractivity contribution in [1.29, 1.82) is 0 Å². The number of aryl methyl sites for hydroxylation is 1. The van der Waals surface area contributed by atoms with E-state index in [1.54, 1.807) is 55.3 Å². The van der Waals surface area contributed by atoms with Crippen molar-refractivity contribution in [3.63, 3.8) is 0 Å². The van der Waals surface area contributed by atoms with Crippen molar-refractivity contribution >= 4 is 45.4 Å². The molecule has 1 atom stereocenters. The van der Waals surface area contributed by atoms with E-state index < -0.39 is 29.7 Å². The molecule has 1 fully saturated rings. The van der Waals surface area contributed by atoms with E-state index in [1.807, 2.05) is 30.5 Å². The fraction of sp³-hybridized carbons (Fsp3) is 0.279. The molecule has 1 N–H and O–H groups in total. The van der Waals surface area contributed by atoms with Crippen LogP contribution in [-0.2, 0) is 16.1 Å². The number of fused-ring (bicyclic) bond motifs is 4. The zero-order chi connectivity index (χ0) is 40.5. The fourth-order valence-electron chi connectivity index (χ4n) is 7.59. The van der Waals surface area contributed by atoms with Gasteiger partial charge >= 0.3 is 0 Å². The number of carbonyl (C=O) groups excluding carboxylic acids is 4. The summed E-state index contributed by atoms with van der Waals surface area (Å²) in [6.07, 6.45) is 5.31. The summed E-state index contributed by atoms with van der Waals surface area (Å²) in [5.74, 6) is -0.0576. The molecule has 15 nitrogen and oxygen atoms in total. The zero-order valence-electron chi connectivity index (χ0n) is 32.0. The Kier molecular flexibility index (Phi) is 10.3. The minimum Gasteiger partial charge on any atom is -0.496 e. The molecule has 8 rings (SSSR count). The Morgan fingerprint density at radius 2 is 1.52 bits per heavy atom. The molecule has 15 heteroatoms. The molecule has 4 heterocycles. The Labute approximate surface area is 331 Å². The Morgan fingerprint density at radius 1 is 0.776 bits per heavy atom. The highest BCUT2D eigenvalue weighted by Crippen LogP contribution is 2.44. The minimum atomic E-state index is -1.03. The lowest BCUT2D eigenvalue weighted by Gasteiger charge is -2.27. The van der Waals surface area contributed by atoms with Crippen molar-refractivity contribution in [3.8, 4) is 45.6 Å². The number of benzene rings is 4. The molecule has 2 aliphatic heterocycles. The standard InChI is InChI=1S/C43H39N5O10/c1-54-31-15-16-32(55-2)39-38(31)35(56-3)21-27-30(49)22-34(58-40(27)39)25-11-8-10-24(20-25)28-23-47(46-45-28)18-6-4-5-7-19-57-33-13-9-12-26-37(33)43(53)48(42(26)52)29-14-17-36(50)44-41(29)51/h8-13,15-16,20-23,29H,4-7,14,17-19H2,1-3H3,(H,44,50,51). The smallest absolute Gasteiger partial charge is 0.266 e. The third-order valence-corrected chi connectivity index (χ3v) is 10.5. The van der Waals surface area contributed by atoms with Gasteiger partial charge in [-0.2, -0.15) is 0 Å². The number of nitrogens with one attached hydrogen (secondary N) is 1. The number of carbonyl (C=O) groups is 4. The largest absolute Gasteiger partial charge is 0.496 e. The molecule has 0 bridgehead atoms. The van der Waals surface area contributed by atoms with Gasteiger partial charge in [-0.15, -0.1) is 5.10 Å². The fourth-order valence-corrected chi connectivity index (χ4v) is 7.59. The molecule has 58 heavy (non-hydrogen) atoms. The van der Waals surface area contributed by atoms with Crippen LogP contribution >= 0.6 is 0 Å². The van der Waals surface area contributed by atoms with Crippen LogP contribution in [0.4, 0.5) is 0 Å². The Balaban J connectivity index is 0.887. The van der Waals surface area contributed by atoms with Gasteiger partial charge in [-0.1, -0.05) is 35.9 Å². The van der Waals surface area contributed by atoms with Crippen LogP contribution in [-0.4, -0.2) is 77.5 Å². The molecular formula is C43H39N5O10. The van der Waals surface area contributed by atoms with E-state index in [0.717, 1.165) is 29.7 Å². The molecule has 0 aliphatic carbocycles. The second-order valence-corrected chi connectivity index (χ2v) is 14.0. The predicted molar refractivity (Wildman–Crippen MR) is 211 cm³/mol. The number of methoxy groups -OCH3 is 3. The maximum absolute atomic E-state index is 13.5. The molecule has 4 amide bonds. The first kappa shape index (κ1) is 37.9. The van der Waals surface area contributed by atoms with Gasteiger partial charge in [-0.05, 0) is 62.1 Å². The molecule has 2 aromatic heterocycles. The summed E-state index contributed by atoms with van der Waals surface area (Å²) in [5.41, 5.74) is 2.59. The summed E-state index contributed by atoms with van der Waals surface area (Å²) in [7, 11) is 4.65. The van der Waals surface area contributed by atoms with Gasteiger partial charge in [0.1, 0.15) is 40.5 Å². The molecule has 0 saturated carbocycles. The topological polar surface area (TPSA) is 181 Å². The highest BCUT2D eigenvalue weighted by Gasteiger charge is 2.46. The number of nitrogens with zero attached hydrogens (tertiary/aromatic N) is 4. The maximum atomic E-state index is 13.5. The summed E-state index contributed by atoms with van der Waals surface area (Å²) in [4.78, 5) is 64.9. The van der Waals surface area contributed by atoms with Crippen LogP contribution in [0.25, 0.3) is 44.3 Å². The third-order valence-electron chi connectivity index (χ3n) is 10.5. The molecule has 6 aromatic rings. The van der Waals surface area contributed by atoms with Crippen LogP contribution in [0.1, 0.15) is 59.2 Å². The Morgan fingerprint density at radius 3 is 2.29 bits per heavy atom. The summed E-state index contributed by atoms with van der Waals surface area (Å²) < 4.78 is 31.2. The van der Waals surface area contributed by atoms with Crippen LogP contribution in [0.2, 0.25) is 0 Å². The van der Waals surface area contributed by atoms with Gasteiger partial charge in [0.2, 0.25) is 11.8 Å². The van der Waals surface area contributed by atoms with Crippen LogP contribution < -0.4 is 29.7 Å². The SMILES string of the molecule is COc1ccc(OC)c2c1c(OC)cc1c(=O)cc(-c3cccc(-c4cn(CCCCCCOc5cccc6c5C(=O)N(C5CCC(=O)NC5=O)C6=O)nn4)c3)oc12. The second-order valence-electron chi connectivity index (χ2n) is 14.0. The Hall–Kier alpha value is -7.03. The van der Waals surface area contributed by atoms with Gasteiger partial charge < -0.3 is 23.4 Å². The van der Waals surface area contributed by atoms with E-state index in [2.05, 4.69) is 15.6 Å². The van der Waals surface area contributed by atoms with Gasteiger partial charge in [0.25, 0.3) is 11.8 Å². The normalized spacial score (nSPS) is 15.2. The van der Waals surface area contributed by atoms with Crippen LogP contribution in [0, 0.1) is 0 Å². The van der Waals surface area contributed by atoms with E-state index in [-0.39, 0.29) is 29.4 Å². The number of imide groups is 2. The molecule has 4 aromatic carbocycles. The minimum absolute atomic E-state index is 0.0525. The third kappa shape index (κ3) is 6.88. The van der Waals surface area contributed by atoms with Gasteiger partial charge in [0, 0.05) is 30.2 Å². The van der Waals surface area contributed by atoms with Crippen molar-refractivity contribution in [2.24, 2.45) is 0 Å². The lowest BCUT2D eigenvalue weighted by Crippen LogP contribution is -2.54. The van der Waals surface area contributed by atoms with E-state index in [0.29, 0.717) is 81.3 Å². The number of hydrogen-bond donors (Lipinski definition) is 1. The lowest BCUT2D eigenvalue weighted by atomic mass is 10.0. The molecule has 0 spiro atoms. The lowest BCUT2D eigenvalue weighted by molar-refractivity contribution is -0.136. The molecule has 296 valence electrons. The van der Waals surface area contributed by atoms with Crippen LogP contribution in [0.15, 0.2) is 82.1 Å². The summed E-state index contributed by atoms with van der Waals surface area (Å²) >= 11 is 0. The van der Waals surface area contributed by atoms with Crippen LogP contribution in [0.5, 0.6) is 23.0 Å².